The normalized spacial score (nSPS) is 10.7. The Bertz CT molecular complexity index is 736. The monoisotopic (exact) mass is 310 g/mol. The lowest BCUT2D eigenvalue weighted by atomic mass is 10.00. The van der Waals surface area contributed by atoms with E-state index in [1.807, 2.05) is 32.0 Å². The van der Waals surface area contributed by atoms with Gasteiger partial charge in [-0.05, 0) is 23.6 Å². The number of hydrogen-bond donors (Lipinski definition) is 1. The van der Waals surface area contributed by atoms with E-state index in [1.54, 1.807) is 6.20 Å². The van der Waals surface area contributed by atoms with Gasteiger partial charge in [0.05, 0.1) is 5.69 Å². The van der Waals surface area contributed by atoms with Crippen molar-refractivity contribution >= 4 is 17.4 Å². The Morgan fingerprint density at radius 3 is 2.52 bits per heavy atom. The van der Waals surface area contributed by atoms with Gasteiger partial charge in [0.15, 0.2) is 5.78 Å². The fourth-order valence-corrected chi connectivity index (χ4v) is 2.35. The van der Waals surface area contributed by atoms with Crippen molar-refractivity contribution in [3.8, 4) is 11.1 Å². The molecule has 0 saturated heterocycles. The van der Waals surface area contributed by atoms with Crippen LogP contribution in [0, 0.1) is 5.92 Å². The predicted molar refractivity (Wildman–Crippen MR) is 92.5 cm³/mol. The van der Waals surface area contributed by atoms with Crippen LogP contribution in [0.2, 0.25) is 0 Å². The van der Waals surface area contributed by atoms with E-state index < -0.39 is 0 Å². The van der Waals surface area contributed by atoms with Crippen LogP contribution < -0.4 is 5.32 Å². The van der Waals surface area contributed by atoms with E-state index >= 15 is 0 Å². The summed E-state index contributed by atoms with van der Waals surface area (Å²) in [6.07, 6.45) is 2.64. The number of anilines is 1. The average Bonchev–Trinajstić information content (AvgIpc) is 2.53. The van der Waals surface area contributed by atoms with Crippen LogP contribution in [0.5, 0.6) is 0 Å². The highest BCUT2D eigenvalue weighted by molar-refractivity contribution is 6.04. The lowest BCUT2D eigenvalue weighted by molar-refractivity contribution is -0.114. The fourth-order valence-electron chi connectivity index (χ4n) is 2.35. The number of nitrogens with zero attached hydrogens (tertiary/aromatic N) is 1. The number of benzene rings is 1. The number of hydrogen-bond acceptors (Lipinski definition) is 3. The van der Waals surface area contributed by atoms with E-state index in [1.165, 1.54) is 12.5 Å². The van der Waals surface area contributed by atoms with E-state index in [0.29, 0.717) is 11.4 Å². The molecule has 1 aromatic carbocycles. The summed E-state index contributed by atoms with van der Waals surface area (Å²) in [6, 6.07) is 9.98. The van der Waals surface area contributed by atoms with Crippen LogP contribution in [0.25, 0.3) is 11.1 Å². The second kappa shape index (κ2) is 7.18. The van der Waals surface area contributed by atoms with Crippen LogP contribution in [-0.2, 0) is 11.2 Å². The van der Waals surface area contributed by atoms with Gasteiger partial charge < -0.3 is 5.32 Å². The predicted octanol–water partition coefficient (Wildman–Crippen LogP) is 4.11. The lowest BCUT2D eigenvalue weighted by Crippen LogP contribution is -2.16. The first-order chi connectivity index (χ1) is 10.9. The molecular formula is C19H22N2O2. The molecule has 1 N–H and O–H groups in total. The number of carbonyl (C=O) groups is 2. The van der Waals surface area contributed by atoms with Crippen molar-refractivity contribution in [1.29, 1.82) is 0 Å². The summed E-state index contributed by atoms with van der Waals surface area (Å²) in [7, 11) is 0. The molecule has 0 aliphatic heterocycles. The molecule has 0 radical (unpaired) electrons. The van der Waals surface area contributed by atoms with Crippen molar-refractivity contribution in [3.63, 3.8) is 0 Å². The maximum atomic E-state index is 12.3. The lowest BCUT2D eigenvalue weighted by Gasteiger charge is -2.12. The number of pyridine rings is 1. The van der Waals surface area contributed by atoms with Gasteiger partial charge in [0.25, 0.3) is 0 Å². The van der Waals surface area contributed by atoms with Crippen LogP contribution in [0.1, 0.15) is 43.7 Å². The van der Waals surface area contributed by atoms with Gasteiger partial charge in [-0.15, -0.1) is 0 Å². The third-order valence-electron chi connectivity index (χ3n) is 3.62. The van der Waals surface area contributed by atoms with Gasteiger partial charge in [-0.3, -0.25) is 14.6 Å². The van der Waals surface area contributed by atoms with E-state index in [0.717, 1.165) is 17.5 Å². The Hall–Kier alpha value is -2.49. The highest BCUT2D eigenvalue weighted by Crippen LogP contribution is 2.26. The molecule has 0 saturated carbocycles. The smallest absolute Gasteiger partial charge is 0.221 e. The summed E-state index contributed by atoms with van der Waals surface area (Å²) < 4.78 is 0. The van der Waals surface area contributed by atoms with Crippen molar-refractivity contribution in [2.24, 2.45) is 5.92 Å². The van der Waals surface area contributed by atoms with Crippen LogP contribution >= 0.6 is 0 Å². The molecule has 120 valence electrons. The molecule has 2 aromatic rings. The zero-order valence-corrected chi connectivity index (χ0v) is 14.0. The first-order valence-electron chi connectivity index (χ1n) is 7.83. The molecule has 4 nitrogen and oxygen atoms in total. The Morgan fingerprint density at radius 1 is 1.17 bits per heavy atom. The zero-order valence-electron chi connectivity index (χ0n) is 14.0. The minimum atomic E-state index is -0.218. The van der Waals surface area contributed by atoms with Gasteiger partial charge in [0.2, 0.25) is 5.91 Å². The van der Waals surface area contributed by atoms with Gasteiger partial charge in [-0.2, -0.15) is 0 Å². The maximum Gasteiger partial charge on any atom is 0.221 e. The number of Topliss-reactive ketones (excluding diaryl/α,β-unsaturated/α-hetero) is 1. The highest BCUT2D eigenvalue weighted by atomic mass is 16.1. The molecule has 1 aromatic heterocycles. The van der Waals surface area contributed by atoms with Gasteiger partial charge in [0, 0.05) is 24.6 Å². The summed E-state index contributed by atoms with van der Waals surface area (Å²) in [4.78, 5) is 28.1. The molecule has 0 bridgehead atoms. The number of ketones is 1. The summed E-state index contributed by atoms with van der Waals surface area (Å²) in [5.41, 5.74) is 3.91. The third kappa shape index (κ3) is 4.03. The summed E-state index contributed by atoms with van der Waals surface area (Å²) >= 11 is 0. The first-order valence-corrected chi connectivity index (χ1v) is 7.83. The second-order valence-electron chi connectivity index (χ2n) is 5.87. The number of carbonyl (C=O) groups excluding carboxylic acids is 2. The van der Waals surface area contributed by atoms with Gasteiger partial charge >= 0.3 is 0 Å². The minimum absolute atomic E-state index is 0.0809. The van der Waals surface area contributed by atoms with Crippen molar-refractivity contribution < 1.29 is 9.59 Å². The van der Waals surface area contributed by atoms with Gasteiger partial charge in [-0.1, -0.05) is 45.0 Å². The maximum absolute atomic E-state index is 12.3. The van der Waals surface area contributed by atoms with E-state index in [9.17, 15) is 9.59 Å². The Morgan fingerprint density at radius 2 is 1.91 bits per heavy atom. The molecule has 1 amide bonds. The van der Waals surface area contributed by atoms with Crippen LogP contribution in [0.4, 0.5) is 5.69 Å². The molecule has 2 rings (SSSR count). The van der Waals surface area contributed by atoms with Crippen molar-refractivity contribution in [1.82, 2.24) is 4.98 Å². The molecular weight excluding hydrogens is 288 g/mol. The fraction of sp³-hybridized carbons (Fsp3) is 0.316. The van der Waals surface area contributed by atoms with Gasteiger partial charge in [-0.25, -0.2) is 0 Å². The molecule has 23 heavy (non-hydrogen) atoms. The Balaban J connectivity index is 2.50. The molecule has 0 aliphatic rings. The van der Waals surface area contributed by atoms with Crippen molar-refractivity contribution in [2.75, 3.05) is 5.32 Å². The minimum Gasteiger partial charge on any atom is -0.324 e. The number of rotatable bonds is 5. The molecule has 0 spiro atoms. The molecule has 0 fully saturated rings. The van der Waals surface area contributed by atoms with Crippen molar-refractivity contribution in [3.05, 3.63) is 47.8 Å². The van der Waals surface area contributed by atoms with E-state index in [4.69, 9.17) is 0 Å². The number of nitrogens with one attached hydrogen (secondary N) is 1. The largest absolute Gasteiger partial charge is 0.324 e. The van der Waals surface area contributed by atoms with E-state index in [-0.39, 0.29) is 17.6 Å². The second-order valence-corrected chi connectivity index (χ2v) is 5.87. The van der Waals surface area contributed by atoms with Crippen LogP contribution in [-0.4, -0.2) is 16.7 Å². The number of aryl methyl sites for hydroxylation is 1. The summed E-state index contributed by atoms with van der Waals surface area (Å²) in [5, 5.41) is 2.73. The topological polar surface area (TPSA) is 59.1 Å². The summed E-state index contributed by atoms with van der Waals surface area (Å²) in [5.74, 6) is -0.476. The summed E-state index contributed by atoms with van der Waals surface area (Å²) in [6.45, 7) is 7.17. The van der Waals surface area contributed by atoms with Crippen LogP contribution in [0.3, 0.4) is 0 Å². The van der Waals surface area contributed by atoms with E-state index in [2.05, 4.69) is 29.4 Å². The van der Waals surface area contributed by atoms with Gasteiger partial charge in [0.1, 0.15) is 5.69 Å². The zero-order chi connectivity index (χ0) is 17.0. The number of amides is 1. The molecule has 0 aliphatic carbocycles. The standard InChI is InChI=1S/C19H22N2O2/c1-5-14-7-6-8-15(9-14)16-10-17(21-13(4)22)18(20-11-16)19(23)12(2)3/h6-12H,5H2,1-4H3,(H,21,22). The average molecular weight is 310 g/mol. The molecule has 0 atom stereocenters. The molecule has 1 heterocycles. The first kappa shape index (κ1) is 16.9. The highest BCUT2D eigenvalue weighted by Gasteiger charge is 2.18. The van der Waals surface area contributed by atoms with Crippen molar-refractivity contribution in [2.45, 2.75) is 34.1 Å². The SMILES string of the molecule is CCc1cccc(-c2cnc(C(=O)C(C)C)c(NC(C)=O)c2)c1. The Kier molecular flexibility index (Phi) is 5.27. The quantitative estimate of drug-likeness (QED) is 0.846. The number of aromatic nitrogens is 1. The Labute approximate surface area is 137 Å². The molecule has 0 unspecified atom stereocenters. The molecule has 4 heteroatoms. The van der Waals surface area contributed by atoms with Crippen LogP contribution in [0.15, 0.2) is 36.5 Å². The third-order valence-corrected chi connectivity index (χ3v) is 3.62.